The second-order valence-corrected chi connectivity index (χ2v) is 7.34. The van der Waals surface area contributed by atoms with Crippen molar-refractivity contribution in [3.8, 4) is 0 Å². The fraction of sp³-hybridized carbons (Fsp3) is 0.353. The standard InChI is InChI=1S/C17H19N5OS/c1-11-4-3-6-22-9-12(18-16(11)22)8-15(23)20-17-19-13-5-7-21(2)10-14(13)24-17/h3-4,6,9H,5,7-8,10H2,1-2H3,(H,19,20,23). The highest BCUT2D eigenvalue weighted by Gasteiger charge is 2.19. The van der Waals surface area contributed by atoms with Crippen LogP contribution in [0, 0.1) is 6.92 Å². The lowest BCUT2D eigenvalue weighted by Gasteiger charge is -2.20. The van der Waals surface area contributed by atoms with Gasteiger partial charge in [0, 0.05) is 36.8 Å². The third-order valence-electron chi connectivity index (χ3n) is 4.24. The number of likely N-dealkylation sites (N-methyl/N-ethyl adjacent to an activating group) is 1. The van der Waals surface area contributed by atoms with Gasteiger partial charge >= 0.3 is 0 Å². The molecule has 7 heteroatoms. The largest absolute Gasteiger partial charge is 0.307 e. The molecule has 4 rings (SSSR count). The summed E-state index contributed by atoms with van der Waals surface area (Å²) in [6.45, 7) is 3.95. The van der Waals surface area contributed by atoms with Crippen molar-refractivity contribution in [2.45, 2.75) is 26.3 Å². The Labute approximate surface area is 144 Å². The molecule has 1 aliphatic heterocycles. The first-order valence-electron chi connectivity index (χ1n) is 7.98. The molecule has 0 aliphatic carbocycles. The molecule has 3 aromatic heterocycles. The van der Waals surface area contributed by atoms with Gasteiger partial charge in [0.05, 0.1) is 17.8 Å². The van der Waals surface area contributed by atoms with Gasteiger partial charge in [0.15, 0.2) is 5.13 Å². The maximum atomic E-state index is 12.3. The normalized spacial score (nSPS) is 14.8. The van der Waals surface area contributed by atoms with Crippen LogP contribution in [-0.2, 0) is 24.2 Å². The molecule has 0 aromatic carbocycles. The van der Waals surface area contributed by atoms with E-state index in [1.165, 1.54) is 4.88 Å². The molecule has 0 fully saturated rings. The molecule has 0 saturated heterocycles. The van der Waals surface area contributed by atoms with Gasteiger partial charge in [-0.05, 0) is 25.6 Å². The molecule has 0 radical (unpaired) electrons. The zero-order chi connectivity index (χ0) is 16.7. The second kappa shape index (κ2) is 5.99. The van der Waals surface area contributed by atoms with E-state index in [0.29, 0.717) is 5.13 Å². The van der Waals surface area contributed by atoms with Gasteiger partial charge in [-0.25, -0.2) is 9.97 Å². The van der Waals surface area contributed by atoms with Crippen molar-refractivity contribution in [1.82, 2.24) is 19.3 Å². The number of nitrogens with one attached hydrogen (secondary N) is 1. The fourth-order valence-electron chi connectivity index (χ4n) is 2.99. The average Bonchev–Trinajstić information content (AvgIpc) is 3.10. The zero-order valence-electron chi connectivity index (χ0n) is 13.7. The lowest BCUT2D eigenvalue weighted by molar-refractivity contribution is -0.115. The molecule has 0 atom stereocenters. The molecule has 0 spiro atoms. The number of carbonyl (C=O) groups is 1. The van der Waals surface area contributed by atoms with Crippen LogP contribution >= 0.6 is 11.3 Å². The Morgan fingerprint density at radius 3 is 3.12 bits per heavy atom. The minimum atomic E-state index is -0.0736. The molecule has 0 unspecified atom stereocenters. The number of imidazole rings is 1. The molecule has 1 amide bonds. The monoisotopic (exact) mass is 341 g/mol. The Hall–Kier alpha value is -2.25. The van der Waals surface area contributed by atoms with Crippen LogP contribution in [0.5, 0.6) is 0 Å². The van der Waals surface area contributed by atoms with E-state index < -0.39 is 0 Å². The predicted octanol–water partition coefficient (Wildman–Crippen LogP) is 2.27. The second-order valence-electron chi connectivity index (χ2n) is 6.26. The number of thiazole rings is 1. The number of hydrogen-bond acceptors (Lipinski definition) is 5. The van der Waals surface area contributed by atoms with Crippen LogP contribution in [0.2, 0.25) is 0 Å². The molecule has 6 nitrogen and oxygen atoms in total. The Bertz CT molecular complexity index is 913. The van der Waals surface area contributed by atoms with Crippen molar-refractivity contribution >= 4 is 28.0 Å². The van der Waals surface area contributed by atoms with Crippen molar-refractivity contribution < 1.29 is 4.79 Å². The van der Waals surface area contributed by atoms with Gasteiger partial charge in [-0.3, -0.25) is 4.79 Å². The number of rotatable bonds is 3. The van der Waals surface area contributed by atoms with E-state index in [4.69, 9.17) is 0 Å². The summed E-state index contributed by atoms with van der Waals surface area (Å²) < 4.78 is 1.95. The average molecular weight is 341 g/mol. The van der Waals surface area contributed by atoms with Gasteiger partial charge in [-0.15, -0.1) is 11.3 Å². The summed E-state index contributed by atoms with van der Waals surface area (Å²) in [5.41, 5.74) is 3.88. The molecular formula is C17H19N5OS. The van der Waals surface area contributed by atoms with E-state index in [0.717, 1.165) is 42.1 Å². The van der Waals surface area contributed by atoms with E-state index >= 15 is 0 Å². The van der Waals surface area contributed by atoms with Crippen LogP contribution in [0.3, 0.4) is 0 Å². The summed E-state index contributed by atoms with van der Waals surface area (Å²) in [6, 6.07) is 3.99. The first kappa shape index (κ1) is 15.3. The van der Waals surface area contributed by atoms with E-state index in [1.54, 1.807) is 11.3 Å². The number of pyridine rings is 1. The maximum absolute atomic E-state index is 12.3. The molecule has 1 N–H and O–H groups in total. The van der Waals surface area contributed by atoms with Crippen molar-refractivity contribution in [2.75, 3.05) is 18.9 Å². The van der Waals surface area contributed by atoms with Crippen LogP contribution in [0.25, 0.3) is 5.65 Å². The number of carbonyl (C=O) groups excluding carboxylic acids is 1. The highest BCUT2D eigenvalue weighted by atomic mass is 32.1. The lowest BCUT2D eigenvalue weighted by Crippen LogP contribution is -2.25. The van der Waals surface area contributed by atoms with E-state index in [2.05, 4.69) is 27.2 Å². The molecule has 1 aliphatic rings. The van der Waals surface area contributed by atoms with Gasteiger partial charge in [-0.1, -0.05) is 6.07 Å². The van der Waals surface area contributed by atoms with Gasteiger partial charge < -0.3 is 14.6 Å². The Morgan fingerprint density at radius 1 is 1.42 bits per heavy atom. The molecule has 3 aromatic rings. The summed E-state index contributed by atoms with van der Waals surface area (Å²) in [4.78, 5) is 24.9. The zero-order valence-corrected chi connectivity index (χ0v) is 14.6. The minimum Gasteiger partial charge on any atom is -0.307 e. The summed E-state index contributed by atoms with van der Waals surface area (Å²) in [7, 11) is 2.10. The number of nitrogens with zero attached hydrogens (tertiary/aromatic N) is 4. The summed E-state index contributed by atoms with van der Waals surface area (Å²) in [6.07, 6.45) is 5.06. The van der Waals surface area contributed by atoms with Crippen LogP contribution in [0.4, 0.5) is 5.13 Å². The third-order valence-corrected chi connectivity index (χ3v) is 5.24. The molecule has 24 heavy (non-hydrogen) atoms. The highest BCUT2D eigenvalue weighted by Crippen LogP contribution is 2.27. The molecule has 4 heterocycles. The van der Waals surface area contributed by atoms with E-state index in [-0.39, 0.29) is 12.3 Å². The van der Waals surface area contributed by atoms with Gasteiger partial charge in [0.25, 0.3) is 0 Å². The van der Waals surface area contributed by atoms with E-state index in [9.17, 15) is 4.79 Å². The van der Waals surface area contributed by atoms with Crippen LogP contribution < -0.4 is 5.32 Å². The van der Waals surface area contributed by atoms with Crippen LogP contribution in [0.1, 0.15) is 21.8 Å². The molecule has 124 valence electrons. The Morgan fingerprint density at radius 2 is 2.29 bits per heavy atom. The Balaban J connectivity index is 1.47. The topological polar surface area (TPSA) is 62.5 Å². The number of aromatic nitrogens is 3. The van der Waals surface area contributed by atoms with Gasteiger partial charge in [0.2, 0.25) is 5.91 Å². The SMILES string of the molecule is Cc1cccn2cc(CC(=O)Nc3nc4c(s3)CN(C)CC4)nc12. The number of hydrogen-bond donors (Lipinski definition) is 1. The quantitative estimate of drug-likeness (QED) is 0.794. The number of aryl methyl sites for hydroxylation is 1. The van der Waals surface area contributed by atoms with Crippen LogP contribution in [-0.4, -0.2) is 38.8 Å². The summed E-state index contributed by atoms with van der Waals surface area (Å²) in [5, 5.41) is 3.62. The third kappa shape index (κ3) is 2.92. The van der Waals surface area contributed by atoms with Crippen molar-refractivity contribution in [1.29, 1.82) is 0 Å². The molecule has 0 saturated carbocycles. The van der Waals surface area contributed by atoms with E-state index in [1.807, 2.05) is 35.9 Å². The van der Waals surface area contributed by atoms with Crippen molar-refractivity contribution in [2.24, 2.45) is 0 Å². The van der Waals surface area contributed by atoms with Crippen molar-refractivity contribution in [3.05, 3.63) is 46.4 Å². The fourth-order valence-corrected chi connectivity index (χ4v) is 4.10. The molecular weight excluding hydrogens is 322 g/mol. The first-order valence-corrected chi connectivity index (χ1v) is 8.80. The number of amides is 1. The van der Waals surface area contributed by atoms with Gasteiger partial charge in [-0.2, -0.15) is 0 Å². The summed E-state index contributed by atoms with van der Waals surface area (Å²) >= 11 is 1.58. The lowest BCUT2D eigenvalue weighted by atomic mass is 10.2. The minimum absolute atomic E-state index is 0.0736. The summed E-state index contributed by atoms with van der Waals surface area (Å²) in [5.74, 6) is -0.0736. The predicted molar refractivity (Wildman–Crippen MR) is 94.4 cm³/mol. The molecule has 0 bridgehead atoms. The highest BCUT2D eigenvalue weighted by molar-refractivity contribution is 7.15. The maximum Gasteiger partial charge on any atom is 0.232 e. The first-order chi connectivity index (χ1) is 11.6. The van der Waals surface area contributed by atoms with Gasteiger partial charge in [0.1, 0.15) is 5.65 Å². The smallest absolute Gasteiger partial charge is 0.232 e. The van der Waals surface area contributed by atoms with Crippen LogP contribution in [0.15, 0.2) is 24.5 Å². The number of anilines is 1. The Kier molecular flexibility index (Phi) is 3.82. The number of fused-ring (bicyclic) bond motifs is 2. The van der Waals surface area contributed by atoms with Crippen molar-refractivity contribution in [3.63, 3.8) is 0 Å².